The van der Waals surface area contributed by atoms with Crippen LogP contribution in [0.3, 0.4) is 0 Å². The van der Waals surface area contributed by atoms with Gasteiger partial charge in [0, 0.05) is 0 Å². The highest BCUT2D eigenvalue weighted by Gasteiger charge is 2.30. The normalized spacial score (nSPS) is 11.1. The van der Waals surface area contributed by atoms with Crippen molar-refractivity contribution in [1.29, 1.82) is 0 Å². The van der Waals surface area contributed by atoms with Crippen molar-refractivity contribution in [2.75, 3.05) is 12.4 Å². The zero-order valence-electron chi connectivity index (χ0n) is 16.1. The average molecular weight is 435 g/mol. The Kier molecular flexibility index (Phi) is 6.53. The molecule has 31 heavy (non-hydrogen) atoms. The van der Waals surface area contributed by atoms with E-state index < -0.39 is 30.2 Å². The van der Waals surface area contributed by atoms with Gasteiger partial charge >= 0.3 is 12.1 Å². The molecule has 1 aromatic heterocycles. The predicted octanol–water partition coefficient (Wildman–Crippen LogP) is 3.64. The lowest BCUT2D eigenvalue weighted by Crippen LogP contribution is -2.15. The number of carbonyl (C=O) groups is 2. The summed E-state index contributed by atoms with van der Waals surface area (Å²) in [7, 11) is 1.47. The number of halogens is 3. The number of para-hydroxylation sites is 2. The lowest BCUT2D eigenvalue weighted by molar-refractivity contribution is -0.137. The van der Waals surface area contributed by atoms with Gasteiger partial charge < -0.3 is 19.3 Å². The summed E-state index contributed by atoms with van der Waals surface area (Å²) >= 11 is 0. The van der Waals surface area contributed by atoms with Crippen LogP contribution in [0.5, 0.6) is 5.75 Å². The van der Waals surface area contributed by atoms with E-state index in [2.05, 4.69) is 15.5 Å². The lowest BCUT2D eigenvalue weighted by Gasteiger charge is -2.08. The van der Waals surface area contributed by atoms with E-state index in [0.29, 0.717) is 11.4 Å². The lowest BCUT2D eigenvalue weighted by atomic mass is 10.1. The maximum Gasteiger partial charge on any atom is 0.416 e. The molecule has 1 amide bonds. The molecule has 0 unspecified atom stereocenters. The molecule has 0 bridgehead atoms. The fourth-order valence-electron chi connectivity index (χ4n) is 2.51. The number of nitrogens with one attached hydrogen (secondary N) is 1. The first kappa shape index (κ1) is 21.8. The van der Waals surface area contributed by atoms with Crippen LogP contribution in [0.4, 0.5) is 18.9 Å². The Hall–Kier alpha value is -3.89. The number of alkyl halides is 3. The number of amides is 1. The van der Waals surface area contributed by atoms with E-state index >= 15 is 0 Å². The molecule has 3 aromatic rings. The van der Waals surface area contributed by atoms with E-state index in [9.17, 15) is 22.8 Å². The zero-order chi connectivity index (χ0) is 22.4. The molecule has 0 saturated heterocycles. The Morgan fingerprint density at radius 3 is 2.48 bits per heavy atom. The van der Waals surface area contributed by atoms with Crippen LogP contribution in [0.2, 0.25) is 0 Å². The first-order chi connectivity index (χ1) is 14.8. The molecule has 0 radical (unpaired) electrons. The predicted molar refractivity (Wildman–Crippen MR) is 100 cm³/mol. The van der Waals surface area contributed by atoms with Crippen LogP contribution in [-0.2, 0) is 28.7 Å². The van der Waals surface area contributed by atoms with Gasteiger partial charge in [0.05, 0.1) is 30.3 Å². The molecule has 0 aliphatic heterocycles. The molecule has 0 aliphatic carbocycles. The molecule has 162 valence electrons. The minimum absolute atomic E-state index is 0.0629. The van der Waals surface area contributed by atoms with Crippen molar-refractivity contribution in [2.45, 2.75) is 19.2 Å². The van der Waals surface area contributed by atoms with Gasteiger partial charge in [0.1, 0.15) is 5.75 Å². The van der Waals surface area contributed by atoms with Gasteiger partial charge in [0.15, 0.2) is 12.4 Å². The van der Waals surface area contributed by atoms with E-state index in [1.54, 1.807) is 24.3 Å². The summed E-state index contributed by atoms with van der Waals surface area (Å²) in [5, 5.41) is 6.29. The van der Waals surface area contributed by atoms with Crippen molar-refractivity contribution >= 4 is 17.6 Å². The molecule has 8 nitrogen and oxygen atoms in total. The minimum Gasteiger partial charge on any atom is -0.495 e. The number of hydrogen-bond acceptors (Lipinski definition) is 7. The number of benzene rings is 2. The Morgan fingerprint density at radius 2 is 1.81 bits per heavy atom. The smallest absolute Gasteiger partial charge is 0.416 e. The quantitative estimate of drug-likeness (QED) is 0.565. The van der Waals surface area contributed by atoms with Crippen molar-refractivity contribution in [3.8, 4) is 5.75 Å². The van der Waals surface area contributed by atoms with E-state index in [-0.39, 0.29) is 23.7 Å². The second-order valence-electron chi connectivity index (χ2n) is 6.18. The van der Waals surface area contributed by atoms with E-state index in [0.717, 1.165) is 24.3 Å². The number of esters is 1. The fourth-order valence-corrected chi connectivity index (χ4v) is 2.51. The van der Waals surface area contributed by atoms with Crippen molar-refractivity contribution in [3.63, 3.8) is 0 Å². The molecule has 0 saturated carbocycles. The summed E-state index contributed by atoms with van der Waals surface area (Å²) in [6.07, 6.45) is -4.70. The van der Waals surface area contributed by atoms with Gasteiger partial charge in [0.25, 0.3) is 5.89 Å². The van der Waals surface area contributed by atoms with Crippen LogP contribution < -0.4 is 10.1 Å². The number of carbonyl (C=O) groups excluding carboxylic acids is 2. The SMILES string of the molecule is COc1ccccc1NC(=O)Cc1noc(COC(=O)c2ccc(C(F)(F)F)cc2)n1. The molecule has 1 heterocycles. The third kappa shape index (κ3) is 5.81. The molecule has 11 heteroatoms. The summed E-state index contributed by atoms with van der Waals surface area (Å²) in [5.41, 5.74) is -0.467. The van der Waals surface area contributed by atoms with Crippen molar-refractivity contribution < 1.29 is 36.8 Å². The van der Waals surface area contributed by atoms with Crippen LogP contribution in [0.25, 0.3) is 0 Å². The van der Waals surface area contributed by atoms with Gasteiger partial charge in [-0.25, -0.2) is 4.79 Å². The molecule has 1 N–H and O–H groups in total. The summed E-state index contributed by atoms with van der Waals surface area (Å²) < 4.78 is 52.7. The number of nitrogens with zero attached hydrogens (tertiary/aromatic N) is 2. The summed E-state index contributed by atoms with van der Waals surface area (Å²) in [6.45, 7) is -0.402. The van der Waals surface area contributed by atoms with Crippen molar-refractivity contribution in [1.82, 2.24) is 10.1 Å². The Labute approximate surface area is 174 Å². The van der Waals surface area contributed by atoms with E-state index in [1.807, 2.05) is 0 Å². The van der Waals surface area contributed by atoms with Gasteiger partial charge in [0.2, 0.25) is 5.91 Å². The van der Waals surface area contributed by atoms with Gasteiger partial charge in [-0.1, -0.05) is 17.3 Å². The van der Waals surface area contributed by atoms with Gasteiger partial charge in [-0.2, -0.15) is 18.2 Å². The Bertz CT molecular complexity index is 1060. The Balaban J connectivity index is 1.52. The second-order valence-corrected chi connectivity index (χ2v) is 6.18. The number of ether oxygens (including phenoxy) is 2. The third-order valence-corrected chi connectivity index (χ3v) is 3.98. The highest BCUT2D eigenvalue weighted by atomic mass is 19.4. The van der Waals surface area contributed by atoms with Crippen LogP contribution >= 0.6 is 0 Å². The standard InChI is InChI=1S/C20H16F3N3O5/c1-29-15-5-3-2-4-14(15)24-17(27)10-16-25-18(31-26-16)11-30-19(28)12-6-8-13(9-7-12)20(21,22)23/h2-9H,10-11H2,1H3,(H,24,27). The van der Waals surface area contributed by atoms with Gasteiger partial charge in [-0.15, -0.1) is 0 Å². The maximum atomic E-state index is 12.6. The number of hydrogen-bond donors (Lipinski definition) is 1. The number of methoxy groups -OCH3 is 1. The minimum atomic E-state index is -4.50. The van der Waals surface area contributed by atoms with Gasteiger partial charge in [-0.05, 0) is 36.4 Å². The molecular formula is C20H16F3N3O5. The highest BCUT2D eigenvalue weighted by molar-refractivity contribution is 5.93. The van der Waals surface area contributed by atoms with Crippen molar-refractivity contribution in [2.24, 2.45) is 0 Å². The van der Waals surface area contributed by atoms with Crippen LogP contribution in [-0.4, -0.2) is 29.1 Å². The first-order valence-corrected chi connectivity index (χ1v) is 8.85. The van der Waals surface area contributed by atoms with Crippen molar-refractivity contribution in [3.05, 3.63) is 71.4 Å². The summed E-state index contributed by atoms with van der Waals surface area (Å²) in [6, 6.07) is 10.4. The molecule has 0 atom stereocenters. The largest absolute Gasteiger partial charge is 0.495 e. The Morgan fingerprint density at radius 1 is 1.10 bits per heavy atom. The summed E-state index contributed by atoms with van der Waals surface area (Å²) in [5.74, 6) is -0.797. The maximum absolute atomic E-state index is 12.6. The van der Waals surface area contributed by atoms with Crippen LogP contribution in [0.1, 0.15) is 27.6 Å². The third-order valence-electron chi connectivity index (χ3n) is 3.98. The fraction of sp³-hybridized carbons (Fsp3) is 0.200. The van der Waals surface area contributed by atoms with Crippen LogP contribution in [0.15, 0.2) is 53.1 Å². The average Bonchev–Trinajstić information content (AvgIpc) is 3.19. The second kappa shape index (κ2) is 9.28. The van der Waals surface area contributed by atoms with Gasteiger partial charge in [-0.3, -0.25) is 4.79 Å². The molecule has 3 rings (SSSR count). The topological polar surface area (TPSA) is 104 Å². The monoisotopic (exact) mass is 435 g/mol. The van der Waals surface area contributed by atoms with E-state index in [4.69, 9.17) is 14.0 Å². The number of anilines is 1. The molecule has 0 fully saturated rings. The molecule has 0 aliphatic rings. The number of aromatic nitrogens is 2. The first-order valence-electron chi connectivity index (χ1n) is 8.85. The molecule has 0 spiro atoms. The molecular weight excluding hydrogens is 419 g/mol. The summed E-state index contributed by atoms with van der Waals surface area (Å²) in [4.78, 5) is 28.1. The zero-order valence-corrected chi connectivity index (χ0v) is 16.1. The molecule has 2 aromatic carbocycles. The number of rotatable bonds is 7. The highest BCUT2D eigenvalue weighted by Crippen LogP contribution is 2.29. The van der Waals surface area contributed by atoms with E-state index in [1.165, 1.54) is 7.11 Å². The van der Waals surface area contributed by atoms with Crippen LogP contribution in [0, 0.1) is 0 Å².